The fourth-order valence-corrected chi connectivity index (χ4v) is 5.27. The van der Waals surface area contributed by atoms with Gasteiger partial charge in [0.05, 0.1) is 13.2 Å². The van der Waals surface area contributed by atoms with E-state index in [0.29, 0.717) is 18.1 Å². The van der Waals surface area contributed by atoms with Gasteiger partial charge in [0.1, 0.15) is 36.8 Å². The summed E-state index contributed by atoms with van der Waals surface area (Å²) in [5, 5.41) is 46.1. The van der Waals surface area contributed by atoms with E-state index in [1.165, 1.54) is 0 Å². The highest BCUT2D eigenvalue weighted by Gasteiger charge is 2.73. The molecule has 6 N–H and O–H groups in total. The Morgan fingerprint density at radius 1 is 0.902 bits per heavy atom. The molecule has 1 atom stereocenters. The maximum atomic E-state index is 13.5. The molecule has 2 aromatic carbocycles. The van der Waals surface area contributed by atoms with E-state index in [9.17, 15) is 34.8 Å². The highest BCUT2D eigenvalue weighted by Crippen LogP contribution is 2.41. The number of amides is 3. The van der Waals surface area contributed by atoms with Crippen molar-refractivity contribution in [1.29, 1.82) is 0 Å². The van der Waals surface area contributed by atoms with Crippen molar-refractivity contribution in [3.63, 3.8) is 0 Å². The van der Waals surface area contributed by atoms with Gasteiger partial charge < -0.3 is 35.4 Å². The van der Waals surface area contributed by atoms with E-state index < -0.39 is 41.3 Å². The summed E-state index contributed by atoms with van der Waals surface area (Å²) in [6.07, 6.45) is 0. The predicted molar refractivity (Wildman–Crippen MR) is 148 cm³/mol. The lowest BCUT2D eigenvalue weighted by Gasteiger charge is -2.52. The Kier molecular flexibility index (Phi) is 7.38. The molecule has 2 saturated heterocycles. The van der Waals surface area contributed by atoms with Crippen LogP contribution in [0.4, 0.5) is 5.69 Å². The van der Waals surface area contributed by atoms with Crippen LogP contribution in [0.5, 0.6) is 0 Å². The molecule has 41 heavy (non-hydrogen) atoms. The van der Waals surface area contributed by atoms with Crippen LogP contribution >= 0.6 is 0 Å². The summed E-state index contributed by atoms with van der Waals surface area (Å²) < 4.78 is 5.38. The zero-order valence-electron chi connectivity index (χ0n) is 21.9. The minimum absolute atomic E-state index is 0.00731. The molecule has 0 aliphatic carbocycles. The van der Waals surface area contributed by atoms with Crippen molar-refractivity contribution in [3.8, 4) is 0 Å². The number of imide groups is 1. The summed E-state index contributed by atoms with van der Waals surface area (Å²) >= 11 is 0. The lowest BCUT2D eigenvalue weighted by molar-refractivity contribution is -0.362. The van der Waals surface area contributed by atoms with Crippen LogP contribution in [0.2, 0.25) is 0 Å². The van der Waals surface area contributed by atoms with Gasteiger partial charge >= 0.3 is 5.79 Å². The Morgan fingerprint density at radius 2 is 1.51 bits per heavy atom. The summed E-state index contributed by atoms with van der Waals surface area (Å²) in [5.41, 5.74) is -1.60. The van der Waals surface area contributed by atoms with E-state index in [-0.39, 0.29) is 39.7 Å². The second-order valence-electron chi connectivity index (χ2n) is 10.3. The Hall–Kier alpha value is -3.13. The van der Waals surface area contributed by atoms with Crippen molar-refractivity contribution >= 4 is 71.2 Å². The van der Waals surface area contributed by atoms with Crippen molar-refractivity contribution in [2.75, 3.05) is 31.6 Å². The van der Waals surface area contributed by atoms with Crippen LogP contribution in [0.3, 0.4) is 0 Å². The molecule has 204 valence electrons. The van der Waals surface area contributed by atoms with Gasteiger partial charge in [-0.3, -0.25) is 24.6 Å². The van der Waals surface area contributed by atoms with Gasteiger partial charge in [0.15, 0.2) is 0 Å². The number of anilines is 1. The maximum absolute atomic E-state index is 13.5. The van der Waals surface area contributed by atoms with Crippen molar-refractivity contribution < 1.29 is 39.5 Å². The first kappa shape index (κ1) is 29.4. The molecule has 0 spiro atoms. The number of hydrogen-bond acceptors (Lipinski definition) is 10. The van der Waals surface area contributed by atoms with Crippen LogP contribution in [-0.2, 0) is 34.0 Å². The average Bonchev–Trinajstić information content (AvgIpc) is 3.28. The van der Waals surface area contributed by atoms with Gasteiger partial charge in [0.2, 0.25) is 5.91 Å². The minimum atomic E-state index is -4.03. The zero-order chi connectivity index (χ0) is 29.9. The number of piperidine rings is 1. The first-order valence-corrected chi connectivity index (χ1v) is 12.7. The second-order valence-corrected chi connectivity index (χ2v) is 10.3. The molecule has 1 unspecified atom stereocenters. The molecule has 0 aromatic heterocycles. The lowest BCUT2D eigenvalue weighted by atomic mass is 9.63. The van der Waals surface area contributed by atoms with Crippen LogP contribution in [0.15, 0.2) is 24.3 Å². The number of aliphatic hydroxyl groups is 4. The zero-order valence-corrected chi connectivity index (χ0v) is 21.9. The molecule has 3 heterocycles. The predicted octanol–water partition coefficient (Wildman–Crippen LogP) is -5.65. The molecule has 3 amide bonds. The number of nitrogens with one attached hydrogen (secondary N) is 2. The van der Waals surface area contributed by atoms with Gasteiger partial charge in [-0.2, -0.15) is 0 Å². The first-order chi connectivity index (χ1) is 19.2. The van der Waals surface area contributed by atoms with Gasteiger partial charge in [0.25, 0.3) is 17.6 Å². The number of carbonyl (C=O) groups is 3. The van der Waals surface area contributed by atoms with Gasteiger partial charge in [0, 0.05) is 49.5 Å². The average molecular weight is 552 g/mol. The van der Waals surface area contributed by atoms with E-state index in [4.69, 9.17) is 36.1 Å². The molecule has 5 rings (SSSR count). The van der Waals surface area contributed by atoms with E-state index in [1.54, 1.807) is 5.32 Å². The van der Waals surface area contributed by atoms with Gasteiger partial charge in [-0.1, -0.05) is 35.2 Å². The highest BCUT2D eigenvalue weighted by atomic mass is 16.6. The fraction of sp³-hybridized carbons (Fsp3) is 0.400. The third-order valence-corrected chi connectivity index (χ3v) is 7.83. The third-order valence-electron chi connectivity index (χ3n) is 7.83. The van der Waals surface area contributed by atoms with Crippen molar-refractivity contribution in [3.05, 3.63) is 46.5 Å². The summed E-state index contributed by atoms with van der Waals surface area (Å²) in [7, 11) is 24.4. The van der Waals surface area contributed by atoms with E-state index in [1.807, 2.05) is 24.3 Å². The smallest absolute Gasteiger partial charge is 0.303 e. The molecular formula is C25H24B4N4O8. The Labute approximate surface area is 240 Å². The monoisotopic (exact) mass is 552 g/mol. The van der Waals surface area contributed by atoms with Crippen LogP contribution < -0.4 is 27.0 Å². The third kappa shape index (κ3) is 4.49. The molecule has 0 saturated carbocycles. The number of rotatable bonds is 6. The number of nitrogens with zero attached hydrogens (tertiary/aromatic N) is 2. The Balaban J connectivity index is 1.43. The summed E-state index contributed by atoms with van der Waals surface area (Å²) in [5.74, 6) is -12.5. The fourth-order valence-electron chi connectivity index (χ4n) is 5.27. The molecule has 2 aromatic rings. The molecule has 2 fully saturated rings. The van der Waals surface area contributed by atoms with Crippen LogP contribution in [0.1, 0.15) is 27.0 Å². The Bertz CT molecular complexity index is 1430. The normalized spacial score (nSPS) is 23.8. The number of fused-ring (bicyclic) bond motifs is 1. The second kappa shape index (κ2) is 10.3. The van der Waals surface area contributed by atoms with Crippen molar-refractivity contribution in [1.82, 2.24) is 15.1 Å². The molecule has 3 aliphatic rings. The number of benzene rings is 2. The van der Waals surface area contributed by atoms with Crippen LogP contribution in [0.25, 0.3) is 0 Å². The molecule has 3 aliphatic heterocycles. The minimum Gasteiger partial charge on any atom is -0.381 e. The van der Waals surface area contributed by atoms with Crippen LogP contribution in [-0.4, -0.2) is 123 Å². The largest absolute Gasteiger partial charge is 0.381 e. The van der Waals surface area contributed by atoms with Crippen LogP contribution in [0, 0.1) is 0 Å². The molecule has 8 radical (unpaired) electrons. The van der Waals surface area contributed by atoms with Gasteiger partial charge in [-0.25, -0.2) is 0 Å². The standard InChI is InChI=1S/C25H24B4N4O8/c26-16-15-14(11-33(20(15)34)23(29)21(35)31-22(36)24(37,38)25(23,39)40)19(18(28)17(16)27)30-9-12-1-3-13(4-2-12)10-32-5-7-41-8-6-32/h1-4,30,37-40H,5-11H2,(H,31,35,36). The molecular weight excluding hydrogens is 528 g/mol. The SMILES string of the molecule is [B]c1c([B])c(NCc2ccc(CN3CCOCC3)cc2)c2c(c1[B])C(=O)N(C1([B])C(=O)NC(=O)C(O)(O)C1(O)O)C2. The van der Waals surface area contributed by atoms with Crippen molar-refractivity contribution in [2.45, 2.75) is 36.6 Å². The summed E-state index contributed by atoms with van der Waals surface area (Å²) in [6, 6.07) is 7.82. The molecule has 16 heteroatoms. The van der Waals surface area contributed by atoms with Gasteiger partial charge in [-0.05, 0) is 11.1 Å². The summed E-state index contributed by atoms with van der Waals surface area (Å²) in [4.78, 5) is 41.0. The number of ether oxygens (including phenoxy) is 1. The highest BCUT2D eigenvalue weighted by molar-refractivity contribution is 6.60. The first-order valence-electron chi connectivity index (χ1n) is 12.7. The number of hydrogen-bond donors (Lipinski definition) is 6. The van der Waals surface area contributed by atoms with E-state index >= 15 is 0 Å². The quantitative estimate of drug-likeness (QED) is 0.115. The number of morpholine rings is 1. The molecule has 0 bridgehead atoms. The number of carbonyl (C=O) groups excluding carboxylic acids is 3. The maximum Gasteiger partial charge on any atom is 0.303 e. The topological polar surface area (TPSA) is 172 Å². The molecule has 12 nitrogen and oxygen atoms in total. The van der Waals surface area contributed by atoms with E-state index in [0.717, 1.165) is 30.8 Å². The van der Waals surface area contributed by atoms with Crippen molar-refractivity contribution in [2.24, 2.45) is 0 Å². The van der Waals surface area contributed by atoms with E-state index in [2.05, 4.69) is 10.2 Å². The van der Waals surface area contributed by atoms with Gasteiger partial charge in [-0.15, -0.1) is 5.46 Å². The lowest BCUT2D eigenvalue weighted by Crippen LogP contribution is -2.86. The summed E-state index contributed by atoms with van der Waals surface area (Å²) in [6.45, 7) is 3.54. The Morgan fingerprint density at radius 3 is 2.15 bits per heavy atom.